The van der Waals surface area contributed by atoms with Crippen LogP contribution in [0.5, 0.6) is 5.75 Å². The van der Waals surface area contributed by atoms with Crippen LogP contribution < -0.4 is 15.4 Å². The van der Waals surface area contributed by atoms with Crippen molar-refractivity contribution in [2.24, 2.45) is 0 Å². The molecular formula is C27H25ClN2O3. The molecule has 0 saturated heterocycles. The predicted molar refractivity (Wildman–Crippen MR) is 132 cm³/mol. The van der Waals surface area contributed by atoms with Crippen molar-refractivity contribution in [3.63, 3.8) is 0 Å². The van der Waals surface area contributed by atoms with Gasteiger partial charge in [0, 0.05) is 44.7 Å². The summed E-state index contributed by atoms with van der Waals surface area (Å²) in [6.45, 7) is 4.22. The molecule has 0 aliphatic carbocycles. The average molecular weight is 461 g/mol. The molecule has 33 heavy (non-hydrogen) atoms. The van der Waals surface area contributed by atoms with E-state index in [1.54, 1.807) is 61.7 Å². The molecule has 4 rings (SSSR count). The molecule has 0 bridgehead atoms. The summed E-state index contributed by atoms with van der Waals surface area (Å²) in [5, 5.41) is 6.88. The summed E-state index contributed by atoms with van der Waals surface area (Å²) in [5.41, 5.74) is 4.36. The number of amides is 1. The summed E-state index contributed by atoms with van der Waals surface area (Å²) in [7, 11) is 1.63. The molecule has 168 valence electrons. The number of benzene rings is 3. The van der Waals surface area contributed by atoms with Crippen LogP contribution in [0.4, 0.5) is 5.69 Å². The Hall–Kier alpha value is -3.57. The molecule has 6 heteroatoms. The van der Waals surface area contributed by atoms with Crippen molar-refractivity contribution in [1.29, 1.82) is 0 Å². The fraction of sp³-hybridized carbons (Fsp3) is 0.185. The molecule has 0 aromatic heterocycles. The molecule has 2 N–H and O–H groups in total. The lowest BCUT2D eigenvalue weighted by molar-refractivity contribution is 0.102. The second kappa shape index (κ2) is 9.12. The van der Waals surface area contributed by atoms with E-state index in [9.17, 15) is 9.59 Å². The number of hydrogen-bond acceptors (Lipinski definition) is 4. The van der Waals surface area contributed by atoms with Crippen LogP contribution in [0.15, 0.2) is 72.8 Å². The van der Waals surface area contributed by atoms with Crippen molar-refractivity contribution in [3.8, 4) is 5.75 Å². The molecule has 1 aliphatic rings. The van der Waals surface area contributed by atoms with Crippen LogP contribution in [0.3, 0.4) is 0 Å². The molecule has 0 radical (unpaired) electrons. The number of nitrogens with one attached hydrogen (secondary N) is 2. The van der Waals surface area contributed by atoms with Gasteiger partial charge in [0.15, 0.2) is 5.78 Å². The third-order valence-corrected chi connectivity index (χ3v) is 5.77. The van der Waals surface area contributed by atoms with Gasteiger partial charge < -0.3 is 15.4 Å². The van der Waals surface area contributed by atoms with Crippen LogP contribution in [0.25, 0.3) is 5.70 Å². The topological polar surface area (TPSA) is 67.4 Å². The van der Waals surface area contributed by atoms with E-state index in [1.807, 2.05) is 18.2 Å². The van der Waals surface area contributed by atoms with Gasteiger partial charge in [-0.1, -0.05) is 17.7 Å². The van der Waals surface area contributed by atoms with Gasteiger partial charge in [-0.25, -0.2) is 0 Å². The van der Waals surface area contributed by atoms with Gasteiger partial charge in [0.2, 0.25) is 0 Å². The number of carbonyl (C=O) groups excluding carboxylic acids is 2. The van der Waals surface area contributed by atoms with Crippen molar-refractivity contribution in [3.05, 3.63) is 100 Å². The van der Waals surface area contributed by atoms with E-state index in [1.165, 1.54) is 5.56 Å². The molecule has 1 amide bonds. The first-order chi connectivity index (χ1) is 15.7. The number of methoxy groups -OCH3 is 1. The van der Waals surface area contributed by atoms with E-state index in [4.69, 9.17) is 16.3 Å². The molecule has 0 unspecified atom stereocenters. The largest absolute Gasteiger partial charge is 0.497 e. The number of allylic oxidation sites excluding steroid dienone is 1. The number of anilines is 1. The molecule has 0 atom stereocenters. The van der Waals surface area contributed by atoms with Crippen LogP contribution in [0, 0.1) is 0 Å². The maximum absolute atomic E-state index is 13.0. The molecule has 1 aliphatic heterocycles. The lowest BCUT2D eigenvalue weighted by atomic mass is 9.85. The van der Waals surface area contributed by atoms with Crippen LogP contribution >= 0.6 is 11.6 Å². The minimum Gasteiger partial charge on any atom is -0.497 e. The number of fused-ring (bicyclic) bond motifs is 1. The van der Waals surface area contributed by atoms with Crippen molar-refractivity contribution in [2.75, 3.05) is 12.4 Å². The van der Waals surface area contributed by atoms with E-state index in [0.717, 1.165) is 23.4 Å². The van der Waals surface area contributed by atoms with Gasteiger partial charge in [-0.2, -0.15) is 0 Å². The molecule has 3 aromatic rings. The van der Waals surface area contributed by atoms with Gasteiger partial charge in [0.1, 0.15) is 5.75 Å². The normalized spacial score (nSPS) is 15.3. The molecule has 5 nitrogen and oxygen atoms in total. The van der Waals surface area contributed by atoms with Crippen molar-refractivity contribution in [1.82, 2.24) is 5.32 Å². The van der Waals surface area contributed by atoms with Gasteiger partial charge in [-0.3, -0.25) is 9.59 Å². The van der Waals surface area contributed by atoms with Gasteiger partial charge in [-0.15, -0.1) is 0 Å². The summed E-state index contributed by atoms with van der Waals surface area (Å²) in [6.07, 6.45) is 2.47. The molecular weight excluding hydrogens is 436 g/mol. The Kier molecular flexibility index (Phi) is 6.25. The van der Waals surface area contributed by atoms with E-state index in [0.29, 0.717) is 21.8 Å². The minimum atomic E-state index is -0.243. The summed E-state index contributed by atoms with van der Waals surface area (Å²) < 4.78 is 5.37. The zero-order chi connectivity index (χ0) is 23.6. The highest BCUT2D eigenvalue weighted by Crippen LogP contribution is 2.32. The fourth-order valence-electron chi connectivity index (χ4n) is 3.89. The van der Waals surface area contributed by atoms with Crippen molar-refractivity contribution >= 4 is 34.7 Å². The van der Waals surface area contributed by atoms with Crippen LogP contribution in [0.2, 0.25) is 5.02 Å². The third-order valence-electron chi connectivity index (χ3n) is 5.52. The minimum absolute atomic E-state index is 0.125. The monoisotopic (exact) mass is 460 g/mol. The second-order valence-corrected chi connectivity index (χ2v) is 9.11. The summed E-state index contributed by atoms with van der Waals surface area (Å²) in [5.74, 6) is 0.376. The fourth-order valence-corrected chi connectivity index (χ4v) is 4.02. The standard InChI is InChI=1S/C27H25ClN2O3/c1-27(2)16-19-8-13-22(33-3)14-23(19)24(30-27)15-25(31)17-6-11-21(12-7-17)29-26(32)18-4-9-20(28)10-5-18/h4-15,30H,16H2,1-3H3,(H,29,32)/b24-15-. The lowest BCUT2D eigenvalue weighted by Gasteiger charge is -2.35. The molecule has 1 heterocycles. The third kappa shape index (κ3) is 5.26. The highest BCUT2D eigenvalue weighted by atomic mass is 35.5. The van der Waals surface area contributed by atoms with E-state index < -0.39 is 0 Å². The highest BCUT2D eigenvalue weighted by molar-refractivity contribution is 6.30. The van der Waals surface area contributed by atoms with Crippen LogP contribution in [-0.4, -0.2) is 24.3 Å². The first kappa shape index (κ1) is 22.6. The smallest absolute Gasteiger partial charge is 0.255 e. The Balaban J connectivity index is 1.54. The molecule has 0 fully saturated rings. The van der Waals surface area contributed by atoms with E-state index in [2.05, 4.69) is 24.5 Å². The van der Waals surface area contributed by atoms with Crippen molar-refractivity contribution in [2.45, 2.75) is 25.8 Å². The second-order valence-electron chi connectivity index (χ2n) is 8.67. The maximum Gasteiger partial charge on any atom is 0.255 e. The van der Waals surface area contributed by atoms with Gasteiger partial charge in [-0.05, 0) is 86.5 Å². The first-order valence-corrected chi connectivity index (χ1v) is 11.0. The number of ketones is 1. The van der Waals surface area contributed by atoms with Gasteiger partial charge in [0.25, 0.3) is 5.91 Å². The molecule has 3 aromatic carbocycles. The Morgan fingerprint density at radius 3 is 2.33 bits per heavy atom. The maximum atomic E-state index is 13.0. The zero-order valence-electron chi connectivity index (χ0n) is 18.7. The van der Waals surface area contributed by atoms with E-state index in [-0.39, 0.29) is 17.2 Å². The highest BCUT2D eigenvalue weighted by Gasteiger charge is 2.28. The lowest BCUT2D eigenvalue weighted by Crippen LogP contribution is -2.43. The zero-order valence-corrected chi connectivity index (χ0v) is 19.5. The Labute approximate surface area is 198 Å². The summed E-state index contributed by atoms with van der Waals surface area (Å²) >= 11 is 5.87. The molecule has 0 spiro atoms. The first-order valence-electron chi connectivity index (χ1n) is 10.6. The summed E-state index contributed by atoms with van der Waals surface area (Å²) in [6, 6.07) is 19.4. The average Bonchev–Trinajstić information content (AvgIpc) is 2.79. The van der Waals surface area contributed by atoms with Gasteiger partial charge >= 0.3 is 0 Å². The quantitative estimate of drug-likeness (QED) is 0.376. The Morgan fingerprint density at radius 2 is 1.67 bits per heavy atom. The van der Waals surface area contributed by atoms with E-state index >= 15 is 0 Å². The number of hydrogen-bond donors (Lipinski definition) is 2. The number of ether oxygens (including phenoxy) is 1. The van der Waals surface area contributed by atoms with Crippen molar-refractivity contribution < 1.29 is 14.3 Å². The number of rotatable bonds is 5. The van der Waals surface area contributed by atoms with Crippen LogP contribution in [-0.2, 0) is 6.42 Å². The summed E-state index contributed by atoms with van der Waals surface area (Å²) in [4.78, 5) is 25.4. The molecule has 0 saturated carbocycles. The SMILES string of the molecule is COc1ccc2c(c1)/C(=C/C(=O)c1ccc(NC(=O)c3ccc(Cl)cc3)cc1)NC(C)(C)C2. The predicted octanol–water partition coefficient (Wildman–Crippen LogP) is 5.75. The number of halogens is 1. The van der Waals surface area contributed by atoms with Gasteiger partial charge in [0.05, 0.1) is 7.11 Å². The Morgan fingerprint density at radius 1 is 1.00 bits per heavy atom. The van der Waals surface area contributed by atoms with Crippen LogP contribution in [0.1, 0.15) is 45.7 Å². The Bertz CT molecular complexity index is 1230. The number of carbonyl (C=O) groups is 2.